The average Bonchev–Trinajstić information content (AvgIpc) is 2.70. The molecule has 4 nitrogen and oxygen atoms in total. The van der Waals surface area contributed by atoms with Crippen LogP contribution in [0.15, 0.2) is 66.9 Å². The number of aromatic nitrogens is 1. The van der Waals surface area contributed by atoms with E-state index in [0.717, 1.165) is 35.3 Å². The third kappa shape index (κ3) is 5.51. The van der Waals surface area contributed by atoms with E-state index >= 15 is 0 Å². The van der Waals surface area contributed by atoms with Gasteiger partial charge in [0.25, 0.3) is 0 Å². The standard InChI is InChI=1S/C24H27N3O/c1-3-8-22-23(14-21(16-26-22)20-11-5-4-6-12-20)27-24(28)17-25-15-19-10-7-9-18(2)13-19/h4-7,9-14,16,25H,3,8,15,17H2,1-2H3,(H,27,28). The molecule has 4 heteroatoms. The highest BCUT2D eigenvalue weighted by Crippen LogP contribution is 2.24. The first-order valence-corrected chi connectivity index (χ1v) is 9.76. The van der Waals surface area contributed by atoms with Crippen LogP contribution in [0.2, 0.25) is 0 Å². The second-order valence-electron chi connectivity index (χ2n) is 6.98. The molecule has 2 N–H and O–H groups in total. The number of hydrogen-bond acceptors (Lipinski definition) is 3. The van der Waals surface area contributed by atoms with E-state index in [9.17, 15) is 4.79 Å². The highest BCUT2D eigenvalue weighted by Gasteiger charge is 2.10. The van der Waals surface area contributed by atoms with Crippen LogP contribution in [0, 0.1) is 6.92 Å². The van der Waals surface area contributed by atoms with Gasteiger partial charge in [0.1, 0.15) is 0 Å². The van der Waals surface area contributed by atoms with Crippen molar-refractivity contribution in [3.63, 3.8) is 0 Å². The van der Waals surface area contributed by atoms with E-state index in [2.05, 4.69) is 47.7 Å². The van der Waals surface area contributed by atoms with E-state index in [4.69, 9.17) is 0 Å². The fraction of sp³-hybridized carbons (Fsp3) is 0.250. The number of amides is 1. The number of benzene rings is 2. The summed E-state index contributed by atoms with van der Waals surface area (Å²) in [5, 5.41) is 6.25. The van der Waals surface area contributed by atoms with Crippen LogP contribution < -0.4 is 10.6 Å². The number of pyridine rings is 1. The number of rotatable bonds is 8. The van der Waals surface area contributed by atoms with Crippen molar-refractivity contribution in [3.05, 3.63) is 83.7 Å². The molecule has 3 rings (SSSR count). The lowest BCUT2D eigenvalue weighted by Crippen LogP contribution is -2.28. The van der Waals surface area contributed by atoms with Gasteiger partial charge in [-0.2, -0.15) is 0 Å². The van der Waals surface area contributed by atoms with Crippen molar-refractivity contribution in [3.8, 4) is 11.1 Å². The van der Waals surface area contributed by atoms with Crippen LogP contribution in [-0.4, -0.2) is 17.4 Å². The molecule has 0 bridgehead atoms. The molecule has 1 amide bonds. The Hall–Kier alpha value is -2.98. The fourth-order valence-corrected chi connectivity index (χ4v) is 3.16. The zero-order chi connectivity index (χ0) is 19.8. The molecule has 0 radical (unpaired) electrons. The second-order valence-corrected chi connectivity index (χ2v) is 6.98. The molecular weight excluding hydrogens is 346 g/mol. The van der Waals surface area contributed by atoms with Crippen LogP contribution in [0.4, 0.5) is 5.69 Å². The maximum atomic E-state index is 12.5. The molecule has 0 saturated carbocycles. The largest absolute Gasteiger partial charge is 0.323 e. The summed E-state index contributed by atoms with van der Waals surface area (Å²) in [6, 6.07) is 20.4. The van der Waals surface area contributed by atoms with E-state index in [1.54, 1.807) is 0 Å². The summed E-state index contributed by atoms with van der Waals surface area (Å²) in [5.41, 5.74) is 6.21. The Morgan fingerprint density at radius 2 is 1.82 bits per heavy atom. The van der Waals surface area contributed by atoms with E-state index < -0.39 is 0 Å². The number of hydrogen-bond donors (Lipinski definition) is 2. The van der Waals surface area contributed by atoms with Crippen LogP contribution in [0.1, 0.15) is 30.2 Å². The Morgan fingerprint density at radius 3 is 2.57 bits per heavy atom. The quantitative estimate of drug-likeness (QED) is 0.600. The maximum absolute atomic E-state index is 12.5. The third-order valence-corrected chi connectivity index (χ3v) is 4.54. The molecule has 1 heterocycles. The molecule has 0 unspecified atom stereocenters. The Labute approximate surface area is 167 Å². The van der Waals surface area contributed by atoms with Crippen molar-refractivity contribution in [2.45, 2.75) is 33.2 Å². The molecule has 144 valence electrons. The van der Waals surface area contributed by atoms with E-state index in [0.29, 0.717) is 6.54 Å². The van der Waals surface area contributed by atoms with Crippen LogP contribution in [0.5, 0.6) is 0 Å². The lowest BCUT2D eigenvalue weighted by Gasteiger charge is -2.13. The van der Waals surface area contributed by atoms with Gasteiger partial charge in [0.05, 0.1) is 17.9 Å². The topological polar surface area (TPSA) is 54.0 Å². The minimum absolute atomic E-state index is 0.0583. The third-order valence-electron chi connectivity index (χ3n) is 4.54. The van der Waals surface area contributed by atoms with Gasteiger partial charge >= 0.3 is 0 Å². The molecule has 0 aliphatic rings. The predicted molar refractivity (Wildman–Crippen MR) is 115 cm³/mol. The molecule has 0 atom stereocenters. The van der Waals surface area contributed by atoms with Crippen molar-refractivity contribution < 1.29 is 4.79 Å². The Kier molecular flexibility index (Phi) is 6.93. The number of nitrogens with one attached hydrogen (secondary N) is 2. The zero-order valence-corrected chi connectivity index (χ0v) is 16.5. The molecule has 0 spiro atoms. The zero-order valence-electron chi connectivity index (χ0n) is 16.5. The lowest BCUT2D eigenvalue weighted by molar-refractivity contribution is -0.115. The van der Waals surface area contributed by atoms with Crippen molar-refractivity contribution in [2.75, 3.05) is 11.9 Å². The van der Waals surface area contributed by atoms with Crippen LogP contribution in [0.25, 0.3) is 11.1 Å². The molecule has 2 aromatic carbocycles. The van der Waals surface area contributed by atoms with E-state index in [1.165, 1.54) is 11.1 Å². The van der Waals surface area contributed by atoms with Gasteiger partial charge in [0, 0.05) is 18.3 Å². The minimum atomic E-state index is -0.0583. The first kappa shape index (κ1) is 19.8. The molecule has 0 fully saturated rings. The van der Waals surface area contributed by atoms with Gasteiger partial charge in [0.15, 0.2) is 0 Å². The summed E-state index contributed by atoms with van der Waals surface area (Å²) in [6.07, 6.45) is 3.69. The van der Waals surface area contributed by atoms with Gasteiger partial charge in [-0.1, -0.05) is 73.5 Å². The number of carbonyl (C=O) groups is 1. The molecule has 1 aromatic heterocycles. The van der Waals surface area contributed by atoms with Crippen molar-refractivity contribution in [1.29, 1.82) is 0 Å². The summed E-state index contributed by atoms with van der Waals surface area (Å²) in [7, 11) is 0. The number of anilines is 1. The van der Waals surface area contributed by atoms with Crippen molar-refractivity contribution in [2.24, 2.45) is 0 Å². The first-order valence-electron chi connectivity index (χ1n) is 9.76. The molecule has 28 heavy (non-hydrogen) atoms. The second kappa shape index (κ2) is 9.81. The summed E-state index contributed by atoms with van der Waals surface area (Å²) in [4.78, 5) is 17.1. The minimum Gasteiger partial charge on any atom is -0.323 e. The summed E-state index contributed by atoms with van der Waals surface area (Å²) in [5.74, 6) is -0.0583. The normalized spacial score (nSPS) is 10.6. The Bertz CT molecular complexity index is 922. The highest BCUT2D eigenvalue weighted by molar-refractivity contribution is 5.93. The van der Waals surface area contributed by atoms with Gasteiger partial charge < -0.3 is 10.6 Å². The summed E-state index contributed by atoms with van der Waals surface area (Å²) < 4.78 is 0. The number of aryl methyl sites for hydroxylation is 2. The first-order chi connectivity index (χ1) is 13.7. The smallest absolute Gasteiger partial charge is 0.238 e. The summed E-state index contributed by atoms with van der Waals surface area (Å²) in [6.45, 7) is 5.11. The van der Waals surface area contributed by atoms with Gasteiger partial charge in [-0.25, -0.2) is 0 Å². The molecular formula is C24H27N3O. The summed E-state index contributed by atoms with van der Waals surface area (Å²) >= 11 is 0. The molecule has 0 saturated heterocycles. The number of nitrogens with zero attached hydrogens (tertiary/aromatic N) is 1. The monoisotopic (exact) mass is 373 g/mol. The van der Waals surface area contributed by atoms with E-state index in [1.807, 2.05) is 48.7 Å². The Balaban J connectivity index is 1.66. The molecule has 3 aromatic rings. The Morgan fingerprint density at radius 1 is 1.00 bits per heavy atom. The fourth-order valence-electron chi connectivity index (χ4n) is 3.16. The average molecular weight is 374 g/mol. The number of carbonyl (C=O) groups excluding carboxylic acids is 1. The van der Waals surface area contributed by atoms with Crippen LogP contribution in [-0.2, 0) is 17.8 Å². The van der Waals surface area contributed by atoms with Crippen molar-refractivity contribution >= 4 is 11.6 Å². The predicted octanol–water partition coefficient (Wildman–Crippen LogP) is 4.74. The highest BCUT2D eigenvalue weighted by atomic mass is 16.1. The van der Waals surface area contributed by atoms with Crippen molar-refractivity contribution in [1.82, 2.24) is 10.3 Å². The lowest BCUT2D eigenvalue weighted by atomic mass is 10.1. The molecule has 0 aliphatic heterocycles. The SMILES string of the molecule is CCCc1ncc(-c2ccccc2)cc1NC(=O)CNCc1cccc(C)c1. The van der Waals surface area contributed by atoms with Gasteiger partial charge in [-0.3, -0.25) is 9.78 Å². The van der Waals surface area contributed by atoms with Gasteiger partial charge in [-0.05, 0) is 30.5 Å². The maximum Gasteiger partial charge on any atom is 0.238 e. The van der Waals surface area contributed by atoms with Gasteiger partial charge in [0.2, 0.25) is 5.91 Å². The van der Waals surface area contributed by atoms with Crippen LogP contribution >= 0.6 is 0 Å². The van der Waals surface area contributed by atoms with Crippen LogP contribution in [0.3, 0.4) is 0 Å². The molecule has 0 aliphatic carbocycles. The van der Waals surface area contributed by atoms with Gasteiger partial charge in [-0.15, -0.1) is 0 Å². The van der Waals surface area contributed by atoms with E-state index in [-0.39, 0.29) is 12.5 Å².